The van der Waals surface area contributed by atoms with Crippen molar-refractivity contribution in [3.63, 3.8) is 0 Å². The first-order valence-corrected chi connectivity index (χ1v) is 7.63. The molecule has 0 spiro atoms. The van der Waals surface area contributed by atoms with E-state index in [1.807, 2.05) is 6.07 Å². The number of carbonyl (C=O) groups is 2. The summed E-state index contributed by atoms with van der Waals surface area (Å²) < 4.78 is 10.7. The number of ether oxygens (including phenoxy) is 2. The van der Waals surface area contributed by atoms with Crippen LogP contribution in [0.2, 0.25) is 0 Å². The zero-order valence-electron chi connectivity index (χ0n) is 12.7. The molecule has 1 amide bonds. The summed E-state index contributed by atoms with van der Waals surface area (Å²) in [5.41, 5.74) is 1.31. The van der Waals surface area contributed by atoms with Crippen LogP contribution < -0.4 is 10.1 Å². The SMILES string of the molecule is COc1ccc(C(=O)OCC(=O)Nc2ccc(C#N)cc2)cc1Br. The molecule has 0 radical (unpaired) electrons. The number of nitriles is 1. The molecule has 0 atom stereocenters. The van der Waals surface area contributed by atoms with Crippen LogP contribution in [0.1, 0.15) is 15.9 Å². The predicted molar refractivity (Wildman–Crippen MR) is 90.8 cm³/mol. The first-order chi connectivity index (χ1) is 11.5. The van der Waals surface area contributed by atoms with Gasteiger partial charge < -0.3 is 14.8 Å². The van der Waals surface area contributed by atoms with Crippen molar-refractivity contribution < 1.29 is 19.1 Å². The topological polar surface area (TPSA) is 88.4 Å². The van der Waals surface area contributed by atoms with E-state index in [1.54, 1.807) is 42.5 Å². The minimum atomic E-state index is -0.617. The molecule has 2 aromatic rings. The van der Waals surface area contributed by atoms with E-state index in [0.29, 0.717) is 27.0 Å². The second-order valence-electron chi connectivity index (χ2n) is 4.66. The van der Waals surface area contributed by atoms with Crippen molar-refractivity contribution in [1.82, 2.24) is 0 Å². The average Bonchev–Trinajstić information content (AvgIpc) is 2.60. The molecule has 7 heteroatoms. The van der Waals surface area contributed by atoms with E-state index in [9.17, 15) is 9.59 Å². The first-order valence-electron chi connectivity index (χ1n) is 6.84. The molecule has 122 valence electrons. The highest BCUT2D eigenvalue weighted by Crippen LogP contribution is 2.25. The number of benzene rings is 2. The first kappa shape index (κ1) is 17.5. The number of carbonyl (C=O) groups excluding carboxylic acids is 2. The molecule has 24 heavy (non-hydrogen) atoms. The predicted octanol–water partition coefficient (Wildman–Crippen LogP) is 3.12. The van der Waals surface area contributed by atoms with Crippen LogP contribution in [0.15, 0.2) is 46.9 Å². The fraction of sp³-hybridized carbons (Fsp3) is 0.118. The van der Waals surface area contributed by atoms with Crippen LogP contribution in [0.3, 0.4) is 0 Å². The number of methoxy groups -OCH3 is 1. The molecule has 0 saturated heterocycles. The van der Waals surface area contributed by atoms with Crippen LogP contribution in [0.4, 0.5) is 5.69 Å². The maximum Gasteiger partial charge on any atom is 0.338 e. The average molecular weight is 389 g/mol. The largest absolute Gasteiger partial charge is 0.496 e. The second-order valence-corrected chi connectivity index (χ2v) is 5.52. The smallest absolute Gasteiger partial charge is 0.338 e. The Bertz CT molecular complexity index is 797. The third-order valence-corrected chi connectivity index (χ3v) is 3.64. The molecule has 2 rings (SSSR count). The van der Waals surface area contributed by atoms with Crippen molar-refractivity contribution >= 4 is 33.5 Å². The number of hydrogen-bond donors (Lipinski definition) is 1. The molecular weight excluding hydrogens is 376 g/mol. The molecule has 0 aliphatic carbocycles. The second kappa shape index (κ2) is 8.13. The molecule has 0 aliphatic rings. The lowest BCUT2D eigenvalue weighted by Gasteiger charge is -2.08. The van der Waals surface area contributed by atoms with Crippen LogP contribution in [0.25, 0.3) is 0 Å². The van der Waals surface area contributed by atoms with Gasteiger partial charge in [0, 0.05) is 5.69 Å². The summed E-state index contributed by atoms with van der Waals surface area (Å²) in [6, 6.07) is 13.1. The van der Waals surface area contributed by atoms with Crippen molar-refractivity contribution in [3.8, 4) is 11.8 Å². The van der Waals surface area contributed by atoms with Crippen molar-refractivity contribution in [2.45, 2.75) is 0 Å². The summed E-state index contributed by atoms with van der Waals surface area (Å²) in [5.74, 6) is -0.501. The summed E-state index contributed by atoms with van der Waals surface area (Å²) in [6.07, 6.45) is 0. The van der Waals surface area contributed by atoms with E-state index in [4.69, 9.17) is 14.7 Å². The van der Waals surface area contributed by atoms with Crippen LogP contribution in [-0.2, 0) is 9.53 Å². The highest BCUT2D eigenvalue weighted by Gasteiger charge is 2.12. The van der Waals surface area contributed by atoms with Gasteiger partial charge in [-0.2, -0.15) is 5.26 Å². The van der Waals surface area contributed by atoms with Gasteiger partial charge in [-0.05, 0) is 58.4 Å². The molecule has 0 aliphatic heterocycles. The van der Waals surface area contributed by atoms with E-state index in [1.165, 1.54) is 7.11 Å². The molecule has 2 aromatic carbocycles. The Morgan fingerprint density at radius 1 is 1.21 bits per heavy atom. The number of nitrogens with zero attached hydrogens (tertiary/aromatic N) is 1. The van der Waals surface area contributed by atoms with E-state index >= 15 is 0 Å². The molecule has 1 N–H and O–H groups in total. The lowest BCUT2D eigenvalue weighted by molar-refractivity contribution is -0.119. The molecule has 0 heterocycles. The van der Waals surface area contributed by atoms with Crippen LogP contribution >= 0.6 is 15.9 Å². The Labute approximate surface area is 147 Å². The standard InChI is InChI=1S/C17H13BrN2O4/c1-23-15-7-4-12(8-14(15)18)17(22)24-10-16(21)20-13-5-2-11(9-19)3-6-13/h2-8H,10H2,1H3,(H,20,21). The fourth-order valence-corrected chi connectivity index (χ4v) is 2.37. The van der Waals surface area contributed by atoms with Crippen LogP contribution in [0, 0.1) is 11.3 Å². The van der Waals surface area contributed by atoms with Crippen molar-refractivity contribution in [3.05, 3.63) is 58.1 Å². The van der Waals surface area contributed by atoms with E-state index in [0.717, 1.165) is 0 Å². The fourth-order valence-electron chi connectivity index (χ4n) is 1.83. The minimum absolute atomic E-state index is 0.300. The number of anilines is 1. The highest BCUT2D eigenvalue weighted by atomic mass is 79.9. The third kappa shape index (κ3) is 4.57. The van der Waals surface area contributed by atoms with Gasteiger partial charge >= 0.3 is 5.97 Å². The molecule has 0 saturated carbocycles. The molecule has 0 unspecified atom stereocenters. The van der Waals surface area contributed by atoms with Crippen LogP contribution in [0.5, 0.6) is 5.75 Å². The molecular formula is C17H13BrN2O4. The summed E-state index contributed by atoms with van der Waals surface area (Å²) >= 11 is 3.28. The van der Waals surface area contributed by atoms with Gasteiger partial charge in [-0.3, -0.25) is 4.79 Å². The normalized spacial score (nSPS) is 9.71. The number of nitrogens with one attached hydrogen (secondary N) is 1. The number of esters is 1. The summed E-state index contributed by atoms with van der Waals surface area (Å²) in [4.78, 5) is 23.7. The van der Waals surface area contributed by atoms with Gasteiger partial charge in [0.2, 0.25) is 0 Å². The number of amides is 1. The Hall–Kier alpha value is -2.85. The lowest BCUT2D eigenvalue weighted by atomic mass is 10.2. The van der Waals surface area contributed by atoms with Gasteiger partial charge in [0.15, 0.2) is 6.61 Å². The quantitative estimate of drug-likeness (QED) is 0.794. The minimum Gasteiger partial charge on any atom is -0.496 e. The van der Waals surface area contributed by atoms with E-state index in [-0.39, 0.29) is 0 Å². The van der Waals surface area contributed by atoms with Gasteiger partial charge in [0.1, 0.15) is 5.75 Å². The number of rotatable bonds is 5. The summed E-state index contributed by atoms with van der Waals surface area (Å²) in [6.45, 7) is -0.414. The number of hydrogen-bond acceptors (Lipinski definition) is 5. The van der Waals surface area contributed by atoms with E-state index in [2.05, 4.69) is 21.2 Å². The lowest BCUT2D eigenvalue weighted by Crippen LogP contribution is -2.20. The van der Waals surface area contributed by atoms with Crippen LogP contribution in [-0.4, -0.2) is 25.6 Å². The summed E-state index contributed by atoms with van der Waals surface area (Å²) in [7, 11) is 1.52. The van der Waals surface area contributed by atoms with Gasteiger partial charge in [0.05, 0.1) is 28.8 Å². The zero-order valence-corrected chi connectivity index (χ0v) is 14.3. The van der Waals surface area contributed by atoms with Crippen molar-refractivity contribution in [2.75, 3.05) is 19.0 Å². The Morgan fingerprint density at radius 3 is 2.50 bits per heavy atom. The van der Waals surface area contributed by atoms with Gasteiger partial charge in [-0.25, -0.2) is 4.79 Å². The maximum atomic E-state index is 11.9. The number of halogens is 1. The van der Waals surface area contributed by atoms with Gasteiger partial charge in [-0.1, -0.05) is 0 Å². The monoisotopic (exact) mass is 388 g/mol. The van der Waals surface area contributed by atoms with E-state index < -0.39 is 18.5 Å². The van der Waals surface area contributed by atoms with Gasteiger partial charge in [-0.15, -0.1) is 0 Å². The highest BCUT2D eigenvalue weighted by molar-refractivity contribution is 9.10. The van der Waals surface area contributed by atoms with Gasteiger partial charge in [0.25, 0.3) is 5.91 Å². The Kier molecular flexibility index (Phi) is 5.93. The Morgan fingerprint density at radius 2 is 1.92 bits per heavy atom. The molecule has 0 fully saturated rings. The summed E-state index contributed by atoms with van der Waals surface area (Å²) in [5, 5.41) is 11.3. The molecule has 0 aromatic heterocycles. The maximum absolute atomic E-state index is 11.9. The molecule has 6 nitrogen and oxygen atoms in total. The van der Waals surface area contributed by atoms with Crippen molar-refractivity contribution in [1.29, 1.82) is 5.26 Å². The Balaban J connectivity index is 1.89. The third-order valence-electron chi connectivity index (χ3n) is 3.02. The zero-order chi connectivity index (χ0) is 17.5. The van der Waals surface area contributed by atoms with Crippen molar-refractivity contribution in [2.24, 2.45) is 0 Å². The molecule has 0 bridgehead atoms.